The van der Waals surface area contributed by atoms with Crippen molar-refractivity contribution in [2.45, 2.75) is 6.18 Å². The number of aromatic nitrogens is 1. The Hall–Kier alpha value is -1.79. The SMILES string of the molecule is O=C(Nc1ccc(Cl)cc1C(F)(F)F)c1ccc(Cl)nc1. The van der Waals surface area contributed by atoms with E-state index in [-0.39, 0.29) is 21.4 Å². The Morgan fingerprint density at radius 3 is 2.43 bits per heavy atom. The van der Waals surface area contributed by atoms with Gasteiger partial charge in [-0.15, -0.1) is 0 Å². The second-order valence-electron chi connectivity index (χ2n) is 4.01. The number of nitrogens with one attached hydrogen (secondary N) is 1. The first kappa shape index (κ1) is 15.6. The van der Waals surface area contributed by atoms with Gasteiger partial charge in [0.1, 0.15) is 5.15 Å². The van der Waals surface area contributed by atoms with Gasteiger partial charge in [0.15, 0.2) is 0 Å². The number of alkyl halides is 3. The second kappa shape index (κ2) is 5.91. The molecule has 110 valence electrons. The molecule has 1 heterocycles. The molecule has 2 rings (SSSR count). The minimum atomic E-state index is -4.63. The zero-order valence-corrected chi connectivity index (χ0v) is 11.7. The number of rotatable bonds is 2. The Balaban J connectivity index is 2.31. The van der Waals surface area contributed by atoms with Gasteiger partial charge in [-0.25, -0.2) is 4.98 Å². The van der Waals surface area contributed by atoms with Crippen LogP contribution in [0.15, 0.2) is 36.5 Å². The topological polar surface area (TPSA) is 42.0 Å². The van der Waals surface area contributed by atoms with Gasteiger partial charge in [0, 0.05) is 11.2 Å². The molecule has 3 nitrogen and oxygen atoms in total. The van der Waals surface area contributed by atoms with E-state index >= 15 is 0 Å². The van der Waals surface area contributed by atoms with Crippen molar-refractivity contribution >= 4 is 34.8 Å². The van der Waals surface area contributed by atoms with Crippen molar-refractivity contribution in [2.24, 2.45) is 0 Å². The second-order valence-corrected chi connectivity index (χ2v) is 4.84. The molecule has 1 aromatic heterocycles. The summed E-state index contributed by atoms with van der Waals surface area (Å²) in [6.45, 7) is 0. The van der Waals surface area contributed by atoms with E-state index in [9.17, 15) is 18.0 Å². The van der Waals surface area contributed by atoms with Crippen molar-refractivity contribution in [3.05, 3.63) is 57.8 Å². The molecule has 1 N–H and O–H groups in total. The number of carbonyl (C=O) groups excluding carboxylic acids is 1. The maximum absolute atomic E-state index is 12.9. The molecule has 0 spiro atoms. The smallest absolute Gasteiger partial charge is 0.321 e. The maximum Gasteiger partial charge on any atom is 0.418 e. The summed E-state index contributed by atoms with van der Waals surface area (Å²) in [5.41, 5.74) is -1.32. The number of carbonyl (C=O) groups is 1. The number of nitrogens with zero attached hydrogens (tertiary/aromatic N) is 1. The lowest BCUT2D eigenvalue weighted by atomic mass is 10.1. The minimum Gasteiger partial charge on any atom is -0.321 e. The fraction of sp³-hybridized carbons (Fsp3) is 0.0769. The maximum atomic E-state index is 12.9. The Morgan fingerprint density at radius 2 is 1.86 bits per heavy atom. The Morgan fingerprint density at radius 1 is 1.14 bits per heavy atom. The highest BCUT2D eigenvalue weighted by molar-refractivity contribution is 6.30. The molecule has 0 fully saturated rings. The van der Waals surface area contributed by atoms with E-state index in [0.717, 1.165) is 12.1 Å². The lowest BCUT2D eigenvalue weighted by Crippen LogP contribution is -2.16. The highest BCUT2D eigenvalue weighted by atomic mass is 35.5. The van der Waals surface area contributed by atoms with Crippen LogP contribution in [-0.2, 0) is 6.18 Å². The normalized spacial score (nSPS) is 11.3. The first-order chi connectivity index (χ1) is 9.77. The van der Waals surface area contributed by atoms with E-state index in [2.05, 4.69) is 10.3 Å². The zero-order chi connectivity index (χ0) is 15.6. The first-order valence-electron chi connectivity index (χ1n) is 5.57. The van der Waals surface area contributed by atoms with Gasteiger partial charge in [0.2, 0.25) is 0 Å². The lowest BCUT2D eigenvalue weighted by molar-refractivity contribution is -0.136. The fourth-order valence-corrected chi connectivity index (χ4v) is 1.85. The Labute approximate surface area is 127 Å². The average Bonchev–Trinajstić information content (AvgIpc) is 2.40. The molecule has 0 unspecified atom stereocenters. The van der Waals surface area contributed by atoms with E-state index in [0.29, 0.717) is 0 Å². The van der Waals surface area contributed by atoms with Gasteiger partial charge in [-0.3, -0.25) is 4.79 Å². The van der Waals surface area contributed by atoms with Gasteiger partial charge in [0.25, 0.3) is 5.91 Å². The molecule has 8 heteroatoms. The first-order valence-corrected chi connectivity index (χ1v) is 6.32. The quantitative estimate of drug-likeness (QED) is 0.811. The summed E-state index contributed by atoms with van der Waals surface area (Å²) in [4.78, 5) is 15.6. The largest absolute Gasteiger partial charge is 0.418 e. The number of pyridine rings is 1. The summed E-state index contributed by atoms with van der Waals surface area (Å²) in [5, 5.41) is 2.28. The molecular weight excluding hydrogens is 328 g/mol. The predicted molar refractivity (Wildman–Crippen MR) is 73.7 cm³/mol. The van der Waals surface area contributed by atoms with Crippen molar-refractivity contribution in [3.63, 3.8) is 0 Å². The van der Waals surface area contributed by atoms with Crippen LogP contribution in [0.3, 0.4) is 0 Å². The van der Waals surface area contributed by atoms with E-state index in [1.807, 2.05) is 0 Å². The Bertz CT molecular complexity index is 672. The summed E-state index contributed by atoms with van der Waals surface area (Å²) in [6, 6.07) is 5.81. The van der Waals surface area contributed by atoms with Crippen LogP contribution >= 0.6 is 23.2 Å². The van der Waals surface area contributed by atoms with Crippen LogP contribution in [0, 0.1) is 0 Å². The van der Waals surface area contributed by atoms with Gasteiger partial charge in [-0.05, 0) is 30.3 Å². The number of hydrogen-bond donors (Lipinski definition) is 1. The molecule has 0 saturated heterocycles. The standard InChI is InChI=1S/C13H7Cl2F3N2O/c14-8-2-3-10(9(5-8)13(16,17)18)20-12(21)7-1-4-11(15)19-6-7/h1-6H,(H,20,21). The molecule has 0 aliphatic heterocycles. The van der Waals surface area contributed by atoms with Crippen molar-refractivity contribution in [1.82, 2.24) is 4.98 Å². The van der Waals surface area contributed by atoms with Crippen LogP contribution in [0.5, 0.6) is 0 Å². The molecule has 0 aliphatic rings. The Kier molecular flexibility index (Phi) is 4.39. The predicted octanol–water partition coefficient (Wildman–Crippen LogP) is 4.66. The van der Waals surface area contributed by atoms with Gasteiger partial charge < -0.3 is 5.32 Å². The highest BCUT2D eigenvalue weighted by Crippen LogP contribution is 2.36. The summed E-state index contributed by atoms with van der Waals surface area (Å²) in [7, 11) is 0. The van der Waals surface area contributed by atoms with Crippen LogP contribution in [0.25, 0.3) is 0 Å². The van der Waals surface area contributed by atoms with Crippen LogP contribution < -0.4 is 5.32 Å². The molecule has 0 atom stereocenters. The van der Waals surface area contributed by atoms with Gasteiger partial charge in [-0.2, -0.15) is 13.2 Å². The number of benzene rings is 1. The van der Waals surface area contributed by atoms with Crippen molar-refractivity contribution in [1.29, 1.82) is 0 Å². The molecule has 21 heavy (non-hydrogen) atoms. The number of amides is 1. The molecule has 1 amide bonds. The third kappa shape index (κ3) is 3.86. The molecule has 2 aromatic rings. The third-order valence-electron chi connectivity index (χ3n) is 2.52. The van der Waals surface area contributed by atoms with Crippen LogP contribution in [0.1, 0.15) is 15.9 Å². The van der Waals surface area contributed by atoms with Crippen molar-refractivity contribution < 1.29 is 18.0 Å². The highest BCUT2D eigenvalue weighted by Gasteiger charge is 2.34. The van der Waals surface area contributed by atoms with E-state index in [1.165, 1.54) is 24.4 Å². The minimum absolute atomic E-state index is 0.0755. The summed E-state index contributed by atoms with van der Waals surface area (Å²) < 4.78 is 38.7. The monoisotopic (exact) mass is 334 g/mol. The van der Waals surface area contributed by atoms with E-state index < -0.39 is 17.6 Å². The van der Waals surface area contributed by atoms with E-state index in [4.69, 9.17) is 23.2 Å². The van der Waals surface area contributed by atoms with Crippen molar-refractivity contribution in [2.75, 3.05) is 5.32 Å². The molecule has 1 aromatic carbocycles. The van der Waals surface area contributed by atoms with Gasteiger partial charge in [0.05, 0.1) is 16.8 Å². The van der Waals surface area contributed by atoms with Crippen molar-refractivity contribution in [3.8, 4) is 0 Å². The molecule has 0 bridgehead atoms. The number of anilines is 1. The average molecular weight is 335 g/mol. The van der Waals surface area contributed by atoms with Crippen LogP contribution in [0.2, 0.25) is 10.2 Å². The third-order valence-corrected chi connectivity index (χ3v) is 2.98. The summed E-state index contributed by atoms with van der Waals surface area (Å²) >= 11 is 11.1. The van der Waals surface area contributed by atoms with Gasteiger partial charge in [-0.1, -0.05) is 23.2 Å². The van der Waals surface area contributed by atoms with Crippen LogP contribution in [-0.4, -0.2) is 10.9 Å². The summed E-state index contributed by atoms with van der Waals surface area (Å²) in [6.07, 6.45) is -3.47. The molecule has 0 radical (unpaired) electrons. The molecule has 0 saturated carbocycles. The van der Waals surface area contributed by atoms with Crippen LogP contribution in [0.4, 0.5) is 18.9 Å². The lowest BCUT2D eigenvalue weighted by Gasteiger charge is -2.14. The zero-order valence-electron chi connectivity index (χ0n) is 10.2. The fourth-order valence-electron chi connectivity index (χ4n) is 1.56. The molecule has 0 aliphatic carbocycles. The number of hydrogen-bond acceptors (Lipinski definition) is 2. The van der Waals surface area contributed by atoms with Gasteiger partial charge >= 0.3 is 6.18 Å². The number of halogens is 5. The summed E-state index contributed by atoms with van der Waals surface area (Å²) in [5.74, 6) is -0.730. The van der Waals surface area contributed by atoms with E-state index in [1.54, 1.807) is 0 Å². The molecular formula is C13H7Cl2F3N2O.